The highest BCUT2D eigenvalue weighted by Gasteiger charge is 2.32. The summed E-state index contributed by atoms with van der Waals surface area (Å²) in [5.74, 6) is 0. The van der Waals surface area contributed by atoms with Crippen LogP contribution in [-0.2, 0) is 14.2 Å². The zero-order chi connectivity index (χ0) is 7.56. The molecule has 1 rings (SSSR count). The molecule has 0 aromatic heterocycles. The van der Waals surface area contributed by atoms with E-state index < -0.39 is 6.16 Å². The van der Waals surface area contributed by atoms with Gasteiger partial charge in [-0.05, 0) is 6.92 Å². The minimum Gasteiger partial charge on any atom is -0.427 e. The Morgan fingerprint density at radius 3 is 2.33 bits per heavy atom. The van der Waals surface area contributed by atoms with Gasteiger partial charge in [0.15, 0.2) is 6.10 Å². The van der Waals surface area contributed by atoms with Crippen LogP contribution in [0.5, 0.6) is 0 Å². The fraction of sp³-hybridized carbons (Fsp3) is 0.875. The van der Waals surface area contributed by atoms with Crippen LogP contribution in [-0.4, -0.2) is 32.1 Å². The summed E-state index contributed by atoms with van der Waals surface area (Å²) in [6.45, 7) is 2.17. The van der Waals surface area contributed by atoms with E-state index >= 15 is 0 Å². The Balaban J connectivity index is 0. The van der Waals surface area contributed by atoms with Gasteiger partial charge in [-0.15, -0.1) is 0 Å². The van der Waals surface area contributed by atoms with Crippen LogP contribution >= 0.6 is 0 Å². The number of carbonyl (C=O) groups excluding carboxylic acids is 1. The summed E-state index contributed by atoms with van der Waals surface area (Å²) in [6, 6.07) is 0. The minimum atomic E-state index is -0.602. The van der Waals surface area contributed by atoms with Crippen LogP contribution in [0.3, 0.4) is 0 Å². The summed E-state index contributed by atoms with van der Waals surface area (Å²) < 4.78 is 14.2. The molecule has 1 fully saturated rings. The lowest BCUT2D eigenvalue weighted by molar-refractivity contribution is 0.0598. The first-order valence-electron chi connectivity index (χ1n) is 3.10. The average Bonchev–Trinajstić information content (AvgIpc) is 2.13. The standard InChI is InChI=1S/C6H10O4.2CH4/c1-4-5(3-8-2)10-6(7)9-4;;/h4-5H,3H2,1-2H3;2*1H4. The third-order valence-electron chi connectivity index (χ3n) is 1.38. The van der Waals surface area contributed by atoms with E-state index in [1.54, 1.807) is 14.0 Å². The van der Waals surface area contributed by atoms with Crippen molar-refractivity contribution >= 4 is 6.16 Å². The van der Waals surface area contributed by atoms with Gasteiger partial charge in [-0.3, -0.25) is 0 Å². The van der Waals surface area contributed by atoms with Gasteiger partial charge in [0.25, 0.3) is 0 Å². The third kappa shape index (κ3) is 3.09. The lowest BCUT2D eigenvalue weighted by Gasteiger charge is -2.08. The van der Waals surface area contributed by atoms with E-state index in [1.807, 2.05) is 0 Å². The predicted molar refractivity (Wildman–Crippen MR) is 46.2 cm³/mol. The molecule has 1 heterocycles. The molecule has 1 saturated heterocycles. The Bertz CT molecular complexity index is 135. The summed E-state index contributed by atoms with van der Waals surface area (Å²) in [5.41, 5.74) is 0. The molecular formula is C8H18O4. The lowest BCUT2D eigenvalue weighted by Crippen LogP contribution is -2.24. The van der Waals surface area contributed by atoms with Crippen LogP contribution in [0.15, 0.2) is 0 Å². The average molecular weight is 178 g/mol. The molecule has 0 bridgehead atoms. The number of cyclic esters (lactones) is 2. The SMILES string of the molecule is C.C.COCC1OC(=O)OC1C. The third-order valence-corrected chi connectivity index (χ3v) is 1.38. The van der Waals surface area contributed by atoms with E-state index in [2.05, 4.69) is 4.74 Å². The molecule has 0 amide bonds. The van der Waals surface area contributed by atoms with Gasteiger partial charge in [0.05, 0.1) is 6.61 Å². The summed E-state index contributed by atoms with van der Waals surface area (Å²) in [4.78, 5) is 10.4. The predicted octanol–water partition coefficient (Wildman–Crippen LogP) is 1.83. The smallest absolute Gasteiger partial charge is 0.427 e. The second-order valence-electron chi connectivity index (χ2n) is 2.18. The van der Waals surface area contributed by atoms with Crippen molar-refractivity contribution in [3.05, 3.63) is 0 Å². The molecule has 0 spiro atoms. The number of hydrogen-bond acceptors (Lipinski definition) is 4. The molecule has 2 unspecified atom stereocenters. The summed E-state index contributed by atoms with van der Waals surface area (Å²) in [5, 5.41) is 0. The van der Waals surface area contributed by atoms with Crippen molar-refractivity contribution in [1.82, 2.24) is 0 Å². The van der Waals surface area contributed by atoms with Crippen molar-refractivity contribution in [3.8, 4) is 0 Å². The molecule has 0 saturated carbocycles. The maximum atomic E-state index is 10.4. The topological polar surface area (TPSA) is 44.8 Å². The number of ether oxygens (including phenoxy) is 3. The first-order valence-corrected chi connectivity index (χ1v) is 3.10. The maximum Gasteiger partial charge on any atom is 0.509 e. The van der Waals surface area contributed by atoms with Crippen LogP contribution < -0.4 is 0 Å². The Morgan fingerprint density at radius 2 is 2.00 bits per heavy atom. The first kappa shape index (κ1) is 13.8. The molecule has 74 valence electrons. The quantitative estimate of drug-likeness (QED) is 0.605. The van der Waals surface area contributed by atoms with E-state index in [4.69, 9.17) is 9.47 Å². The second kappa shape index (κ2) is 5.83. The van der Waals surface area contributed by atoms with Crippen LogP contribution in [0.1, 0.15) is 21.8 Å². The Kier molecular flexibility index (Phi) is 6.70. The van der Waals surface area contributed by atoms with Crippen molar-refractivity contribution in [2.24, 2.45) is 0 Å². The van der Waals surface area contributed by atoms with Crippen molar-refractivity contribution in [1.29, 1.82) is 0 Å². The van der Waals surface area contributed by atoms with Gasteiger partial charge in [0, 0.05) is 7.11 Å². The van der Waals surface area contributed by atoms with Crippen LogP contribution in [0.2, 0.25) is 0 Å². The van der Waals surface area contributed by atoms with Crippen molar-refractivity contribution in [3.63, 3.8) is 0 Å². The molecule has 12 heavy (non-hydrogen) atoms. The molecule has 0 N–H and O–H groups in total. The molecule has 0 radical (unpaired) electrons. The summed E-state index contributed by atoms with van der Waals surface area (Å²) >= 11 is 0. The summed E-state index contributed by atoms with van der Waals surface area (Å²) in [6.07, 6.45) is -1.03. The van der Waals surface area contributed by atoms with E-state index in [1.165, 1.54) is 0 Å². The highest BCUT2D eigenvalue weighted by atomic mass is 16.8. The Hall–Kier alpha value is -0.770. The van der Waals surface area contributed by atoms with Crippen LogP contribution in [0, 0.1) is 0 Å². The zero-order valence-corrected chi connectivity index (χ0v) is 5.99. The number of methoxy groups -OCH3 is 1. The van der Waals surface area contributed by atoms with E-state index in [9.17, 15) is 4.79 Å². The van der Waals surface area contributed by atoms with E-state index in [0.717, 1.165) is 0 Å². The van der Waals surface area contributed by atoms with Crippen molar-refractivity contribution < 1.29 is 19.0 Å². The van der Waals surface area contributed by atoms with Crippen LogP contribution in [0.4, 0.5) is 4.79 Å². The van der Waals surface area contributed by atoms with E-state index in [0.29, 0.717) is 6.61 Å². The van der Waals surface area contributed by atoms with E-state index in [-0.39, 0.29) is 27.1 Å². The highest BCUT2D eigenvalue weighted by molar-refractivity contribution is 5.62. The normalized spacial score (nSPS) is 26.3. The Morgan fingerprint density at radius 1 is 1.42 bits per heavy atom. The van der Waals surface area contributed by atoms with Crippen molar-refractivity contribution in [2.45, 2.75) is 34.0 Å². The fourth-order valence-corrected chi connectivity index (χ4v) is 0.809. The Labute approximate surface area is 73.8 Å². The highest BCUT2D eigenvalue weighted by Crippen LogP contribution is 2.14. The molecule has 0 aromatic rings. The van der Waals surface area contributed by atoms with Gasteiger partial charge in [0.2, 0.25) is 0 Å². The number of rotatable bonds is 2. The molecule has 4 nitrogen and oxygen atoms in total. The molecule has 0 aromatic carbocycles. The van der Waals surface area contributed by atoms with Gasteiger partial charge in [0.1, 0.15) is 6.10 Å². The van der Waals surface area contributed by atoms with Gasteiger partial charge in [-0.25, -0.2) is 4.79 Å². The van der Waals surface area contributed by atoms with Crippen LogP contribution in [0.25, 0.3) is 0 Å². The zero-order valence-electron chi connectivity index (χ0n) is 5.99. The maximum absolute atomic E-state index is 10.4. The fourth-order valence-electron chi connectivity index (χ4n) is 0.809. The van der Waals surface area contributed by atoms with Gasteiger partial charge in [-0.2, -0.15) is 0 Å². The minimum absolute atomic E-state index is 0. The first-order chi connectivity index (χ1) is 4.74. The molecule has 4 heteroatoms. The largest absolute Gasteiger partial charge is 0.509 e. The summed E-state index contributed by atoms with van der Waals surface area (Å²) in [7, 11) is 1.55. The number of hydrogen-bond donors (Lipinski definition) is 0. The van der Waals surface area contributed by atoms with Gasteiger partial charge >= 0.3 is 6.16 Å². The second-order valence-corrected chi connectivity index (χ2v) is 2.18. The van der Waals surface area contributed by atoms with Gasteiger partial charge < -0.3 is 14.2 Å². The molecule has 1 aliphatic heterocycles. The van der Waals surface area contributed by atoms with Gasteiger partial charge in [-0.1, -0.05) is 14.9 Å². The monoisotopic (exact) mass is 178 g/mol. The van der Waals surface area contributed by atoms with Crippen molar-refractivity contribution in [2.75, 3.05) is 13.7 Å². The molecule has 2 atom stereocenters. The molecule has 0 aliphatic carbocycles. The molecule has 1 aliphatic rings. The number of carbonyl (C=O) groups is 1. The molecular weight excluding hydrogens is 160 g/mol. The lowest BCUT2D eigenvalue weighted by atomic mass is 10.2.